The highest BCUT2D eigenvalue weighted by Crippen LogP contribution is 2.29. The molecule has 80 valence electrons. The van der Waals surface area contributed by atoms with Gasteiger partial charge in [-0.05, 0) is 26.0 Å². The molecular weight excluding hydrogens is 188 g/mol. The zero-order valence-corrected chi connectivity index (χ0v) is 9.12. The summed E-state index contributed by atoms with van der Waals surface area (Å²) in [6.45, 7) is 6.16. The Bertz CT molecular complexity index is 457. The van der Waals surface area contributed by atoms with Crippen molar-refractivity contribution in [3.05, 3.63) is 18.5 Å². The Balaban J connectivity index is 2.56. The van der Waals surface area contributed by atoms with E-state index in [9.17, 15) is 0 Å². The fourth-order valence-corrected chi connectivity index (χ4v) is 1.86. The summed E-state index contributed by atoms with van der Waals surface area (Å²) in [7, 11) is 0. The van der Waals surface area contributed by atoms with E-state index in [0.29, 0.717) is 0 Å². The van der Waals surface area contributed by atoms with E-state index in [1.165, 1.54) is 0 Å². The lowest BCUT2D eigenvalue weighted by Crippen LogP contribution is -2.22. The van der Waals surface area contributed by atoms with Crippen LogP contribution in [0.15, 0.2) is 18.5 Å². The second-order valence-electron chi connectivity index (χ2n) is 3.47. The molecule has 0 radical (unpaired) electrons. The van der Waals surface area contributed by atoms with E-state index >= 15 is 0 Å². The average molecular weight is 204 g/mol. The number of hydrogen-bond acceptors (Lipinski definition) is 3. The molecule has 2 rings (SSSR count). The Morgan fingerprint density at radius 3 is 2.73 bits per heavy atom. The summed E-state index contributed by atoms with van der Waals surface area (Å²) < 4.78 is 0. The summed E-state index contributed by atoms with van der Waals surface area (Å²) in [5.74, 6) is 0. The number of nitrogen functional groups attached to an aromatic ring is 1. The summed E-state index contributed by atoms with van der Waals surface area (Å²) in [6, 6.07) is 4.06. The van der Waals surface area contributed by atoms with E-state index in [4.69, 9.17) is 5.73 Å². The summed E-state index contributed by atoms with van der Waals surface area (Å²) in [5, 5.41) is 0. The van der Waals surface area contributed by atoms with Gasteiger partial charge >= 0.3 is 0 Å². The maximum Gasteiger partial charge on any atom is 0.113 e. The van der Waals surface area contributed by atoms with Crippen molar-refractivity contribution >= 4 is 22.4 Å². The molecule has 0 unspecified atom stereocenters. The number of rotatable bonds is 3. The van der Waals surface area contributed by atoms with Gasteiger partial charge in [0, 0.05) is 13.1 Å². The first-order valence-electron chi connectivity index (χ1n) is 5.24. The van der Waals surface area contributed by atoms with E-state index in [1.807, 2.05) is 12.1 Å². The van der Waals surface area contributed by atoms with Gasteiger partial charge in [0.2, 0.25) is 0 Å². The van der Waals surface area contributed by atoms with Gasteiger partial charge in [0.1, 0.15) is 5.52 Å². The number of aromatic amines is 1. The van der Waals surface area contributed by atoms with Crippen molar-refractivity contribution in [3.63, 3.8) is 0 Å². The molecule has 0 aliphatic heterocycles. The quantitative estimate of drug-likeness (QED) is 0.752. The van der Waals surface area contributed by atoms with Gasteiger partial charge in [-0.25, -0.2) is 4.98 Å². The van der Waals surface area contributed by atoms with E-state index < -0.39 is 0 Å². The zero-order chi connectivity index (χ0) is 10.8. The van der Waals surface area contributed by atoms with Crippen LogP contribution in [0.4, 0.5) is 11.4 Å². The van der Waals surface area contributed by atoms with Crippen molar-refractivity contribution < 1.29 is 0 Å². The number of imidazole rings is 1. The molecule has 15 heavy (non-hydrogen) atoms. The first-order valence-corrected chi connectivity index (χ1v) is 5.24. The molecule has 0 saturated heterocycles. The Hall–Kier alpha value is -1.71. The molecule has 0 fully saturated rings. The lowest BCUT2D eigenvalue weighted by molar-refractivity contribution is 0.868. The number of H-pyrrole nitrogens is 1. The van der Waals surface area contributed by atoms with Crippen molar-refractivity contribution in [2.75, 3.05) is 23.7 Å². The Kier molecular flexibility index (Phi) is 2.49. The second kappa shape index (κ2) is 3.81. The largest absolute Gasteiger partial charge is 0.395 e. The van der Waals surface area contributed by atoms with Gasteiger partial charge in [-0.1, -0.05) is 0 Å². The molecule has 0 saturated carbocycles. The number of hydrogen-bond donors (Lipinski definition) is 2. The predicted molar refractivity (Wildman–Crippen MR) is 64.1 cm³/mol. The Morgan fingerprint density at radius 2 is 2.07 bits per heavy atom. The minimum absolute atomic E-state index is 0.762. The highest BCUT2D eigenvalue weighted by Gasteiger charge is 2.10. The number of nitrogens with zero attached hydrogens (tertiary/aromatic N) is 2. The second-order valence-corrected chi connectivity index (χ2v) is 3.47. The highest BCUT2D eigenvalue weighted by atomic mass is 15.1. The van der Waals surface area contributed by atoms with Crippen molar-refractivity contribution in [1.29, 1.82) is 0 Å². The molecule has 2 aromatic rings. The van der Waals surface area contributed by atoms with Crippen LogP contribution in [0.3, 0.4) is 0 Å². The standard InChI is InChI=1S/C11H16N4/c1-3-15(4-2)9-6-5-8-11(10(9)12)14-7-13-8/h5-7H,3-4,12H2,1-2H3,(H,13,14). The number of anilines is 2. The smallest absolute Gasteiger partial charge is 0.113 e. The molecular formula is C11H16N4. The van der Waals surface area contributed by atoms with Crippen LogP contribution in [0.25, 0.3) is 11.0 Å². The number of benzene rings is 1. The normalized spacial score (nSPS) is 10.8. The minimum atomic E-state index is 0.762. The van der Waals surface area contributed by atoms with Crippen LogP contribution in [0.5, 0.6) is 0 Å². The molecule has 0 spiro atoms. The van der Waals surface area contributed by atoms with Crippen LogP contribution in [0, 0.1) is 0 Å². The number of nitrogens with one attached hydrogen (secondary N) is 1. The number of nitrogens with two attached hydrogens (primary N) is 1. The van der Waals surface area contributed by atoms with Crippen LogP contribution in [0.2, 0.25) is 0 Å². The van der Waals surface area contributed by atoms with E-state index in [1.54, 1.807) is 6.33 Å². The topological polar surface area (TPSA) is 57.9 Å². The van der Waals surface area contributed by atoms with Gasteiger partial charge < -0.3 is 15.6 Å². The highest BCUT2D eigenvalue weighted by molar-refractivity contribution is 5.94. The average Bonchev–Trinajstić information content (AvgIpc) is 2.71. The van der Waals surface area contributed by atoms with Gasteiger partial charge in [-0.15, -0.1) is 0 Å². The molecule has 4 heteroatoms. The Morgan fingerprint density at radius 1 is 1.33 bits per heavy atom. The number of fused-ring (bicyclic) bond motifs is 1. The first kappa shape index (κ1) is 9.83. The van der Waals surface area contributed by atoms with Crippen LogP contribution >= 0.6 is 0 Å². The Labute approximate surface area is 89.1 Å². The van der Waals surface area contributed by atoms with Crippen LogP contribution in [-0.2, 0) is 0 Å². The molecule has 1 aromatic carbocycles. The fourth-order valence-electron chi connectivity index (χ4n) is 1.86. The molecule has 0 bridgehead atoms. The molecule has 0 aliphatic carbocycles. The lowest BCUT2D eigenvalue weighted by atomic mass is 10.2. The van der Waals surface area contributed by atoms with Gasteiger partial charge in [-0.3, -0.25) is 0 Å². The predicted octanol–water partition coefficient (Wildman–Crippen LogP) is 1.99. The summed E-state index contributed by atoms with van der Waals surface area (Å²) in [4.78, 5) is 9.50. The summed E-state index contributed by atoms with van der Waals surface area (Å²) in [5.41, 5.74) is 9.77. The van der Waals surface area contributed by atoms with Crippen molar-refractivity contribution in [1.82, 2.24) is 9.97 Å². The van der Waals surface area contributed by atoms with Gasteiger partial charge in [0.25, 0.3) is 0 Å². The van der Waals surface area contributed by atoms with Crippen molar-refractivity contribution in [2.24, 2.45) is 0 Å². The van der Waals surface area contributed by atoms with Crippen LogP contribution in [-0.4, -0.2) is 23.1 Å². The maximum atomic E-state index is 6.09. The molecule has 3 N–H and O–H groups in total. The SMILES string of the molecule is CCN(CC)c1ccc2[nH]cnc2c1N. The molecule has 0 aliphatic rings. The van der Waals surface area contributed by atoms with Gasteiger partial charge in [0.05, 0.1) is 23.2 Å². The van der Waals surface area contributed by atoms with Crippen LogP contribution < -0.4 is 10.6 Å². The molecule has 1 heterocycles. The molecule has 0 amide bonds. The third kappa shape index (κ3) is 1.52. The lowest BCUT2D eigenvalue weighted by Gasteiger charge is -2.22. The number of aromatic nitrogens is 2. The third-order valence-corrected chi connectivity index (χ3v) is 2.71. The molecule has 4 nitrogen and oxygen atoms in total. The zero-order valence-electron chi connectivity index (χ0n) is 9.12. The maximum absolute atomic E-state index is 6.09. The van der Waals surface area contributed by atoms with E-state index in [-0.39, 0.29) is 0 Å². The third-order valence-electron chi connectivity index (χ3n) is 2.71. The van der Waals surface area contributed by atoms with Crippen molar-refractivity contribution in [2.45, 2.75) is 13.8 Å². The fraction of sp³-hybridized carbons (Fsp3) is 0.364. The molecule has 1 aromatic heterocycles. The summed E-state index contributed by atoms with van der Waals surface area (Å²) >= 11 is 0. The van der Waals surface area contributed by atoms with Crippen molar-refractivity contribution in [3.8, 4) is 0 Å². The molecule has 0 atom stereocenters. The monoisotopic (exact) mass is 204 g/mol. The minimum Gasteiger partial charge on any atom is -0.395 e. The van der Waals surface area contributed by atoms with Crippen LogP contribution in [0.1, 0.15) is 13.8 Å². The van der Waals surface area contributed by atoms with E-state index in [0.717, 1.165) is 35.5 Å². The van der Waals surface area contributed by atoms with Gasteiger partial charge in [-0.2, -0.15) is 0 Å². The van der Waals surface area contributed by atoms with Gasteiger partial charge in [0.15, 0.2) is 0 Å². The first-order chi connectivity index (χ1) is 7.27. The summed E-state index contributed by atoms with van der Waals surface area (Å²) in [6.07, 6.45) is 1.67. The van der Waals surface area contributed by atoms with E-state index in [2.05, 4.69) is 28.7 Å².